The van der Waals surface area contributed by atoms with Gasteiger partial charge in [0.1, 0.15) is 0 Å². The highest BCUT2D eigenvalue weighted by Crippen LogP contribution is 2.26. The first-order valence-corrected chi connectivity index (χ1v) is 5.78. The molecule has 1 rings (SSSR count). The van der Waals surface area contributed by atoms with Crippen LogP contribution in [0.4, 0.5) is 0 Å². The van der Waals surface area contributed by atoms with Crippen LogP contribution in [0.3, 0.4) is 0 Å². The molecule has 1 atom stereocenters. The van der Waals surface area contributed by atoms with Crippen LogP contribution in [0.1, 0.15) is 25.7 Å². The minimum Gasteiger partial charge on any atom is -0.481 e. The summed E-state index contributed by atoms with van der Waals surface area (Å²) in [6.07, 6.45) is 4.70. The normalized spacial score (nSPS) is 32.8. The molecule has 0 spiro atoms. The lowest BCUT2D eigenvalue weighted by Crippen LogP contribution is -2.26. The molecule has 0 bridgehead atoms. The van der Waals surface area contributed by atoms with Gasteiger partial charge in [0.05, 0.1) is 5.92 Å². The van der Waals surface area contributed by atoms with Crippen molar-refractivity contribution in [3.63, 3.8) is 0 Å². The highest BCUT2D eigenvalue weighted by molar-refractivity contribution is 7.84. The van der Waals surface area contributed by atoms with Gasteiger partial charge < -0.3 is 5.11 Å². The molecule has 0 radical (unpaired) electrons. The van der Waals surface area contributed by atoms with Crippen LogP contribution < -0.4 is 0 Å². The molecule has 1 aliphatic rings. The molecule has 1 N–H and O–H groups in total. The fourth-order valence-electron chi connectivity index (χ4n) is 1.64. The third-order valence-electron chi connectivity index (χ3n) is 2.49. The van der Waals surface area contributed by atoms with E-state index >= 15 is 0 Å². The molecule has 3 nitrogen and oxygen atoms in total. The van der Waals surface area contributed by atoms with Crippen LogP contribution in [-0.2, 0) is 15.6 Å². The fraction of sp³-hybridized carbons (Fsp3) is 0.875. The maximum absolute atomic E-state index is 11.0. The largest absolute Gasteiger partial charge is 0.481 e. The Labute approximate surface area is 74.6 Å². The molecule has 12 heavy (non-hydrogen) atoms. The molecular weight excluding hydrogens is 176 g/mol. The number of hydrogen-bond acceptors (Lipinski definition) is 2. The minimum atomic E-state index is -0.773. The number of carbonyl (C=O) groups is 1. The number of rotatable bonds is 2. The van der Waals surface area contributed by atoms with Crippen molar-refractivity contribution in [1.29, 1.82) is 0 Å². The highest BCUT2D eigenvalue weighted by atomic mass is 32.2. The first kappa shape index (κ1) is 9.71. The summed E-state index contributed by atoms with van der Waals surface area (Å²) < 4.78 is 11.0. The van der Waals surface area contributed by atoms with E-state index in [0.29, 0.717) is 12.8 Å². The molecule has 0 aliphatic heterocycles. The van der Waals surface area contributed by atoms with Crippen molar-refractivity contribution in [3.8, 4) is 0 Å². The Morgan fingerprint density at radius 2 is 1.83 bits per heavy atom. The van der Waals surface area contributed by atoms with Crippen molar-refractivity contribution >= 4 is 16.8 Å². The molecule has 1 fully saturated rings. The molecule has 70 valence electrons. The monoisotopic (exact) mass is 190 g/mol. The van der Waals surface area contributed by atoms with Gasteiger partial charge in [0.15, 0.2) is 0 Å². The first-order chi connectivity index (χ1) is 5.61. The van der Waals surface area contributed by atoms with Crippen LogP contribution in [0.2, 0.25) is 0 Å². The highest BCUT2D eigenvalue weighted by Gasteiger charge is 2.27. The number of aliphatic carboxylic acids is 1. The van der Waals surface area contributed by atoms with Crippen molar-refractivity contribution in [2.24, 2.45) is 5.92 Å². The molecule has 0 heterocycles. The summed E-state index contributed by atoms with van der Waals surface area (Å²) in [5, 5.41) is 8.92. The quantitative estimate of drug-likeness (QED) is 0.707. The summed E-state index contributed by atoms with van der Waals surface area (Å²) in [6, 6.07) is 0. The predicted molar refractivity (Wildman–Crippen MR) is 47.4 cm³/mol. The van der Waals surface area contributed by atoms with Gasteiger partial charge >= 0.3 is 5.97 Å². The van der Waals surface area contributed by atoms with E-state index in [4.69, 9.17) is 5.11 Å². The second kappa shape index (κ2) is 4.03. The maximum Gasteiger partial charge on any atom is 0.306 e. The average Bonchev–Trinajstić information content (AvgIpc) is 2.04. The van der Waals surface area contributed by atoms with Crippen molar-refractivity contribution in [3.05, 3.63) is 0 Å². The zero-order valence-corrected chi connectivity index (χ0v) is 7.97. The molecular formula is C8H14O3S. The second-order valence-corrected chi connectivity index (χ2v) is 4.97. The lowest BCUT2D eigenvalue weighted by Gasteiger charge is -2.24. The minimum absolute atomic E-state index is 0.190. The van der Waals surface area contributed by atoms with E-state index in [1.54, 1.807) is 6.26 Å². The van der Waals surface area contributed by atoms with Crippen LogP contribution in [0.25, 0.3) is 0 Å². The van der Waals surface area contributed by atoms with Crippen molar-refractivity contribution < 1.29 is 14.1 Å². The van der Waals surface area contributed by atoms with Gasteiger partial charge in [0.25, 0.3) is 0 Å². The SMILES string of the molecule is CS(=O)C1CCC(C(=O)O)CC1. The Bertz CT molecular complexity index is 172. The Morgan fingerprint density at radius 1 is 1.33 bits per heavy atom. The Kier molecular flexibility index (Phi) is 3.26. The van der Waals surface area contributed by atoms with Gasteiger partial charge in [-0.25, -0.2) is 0 Å². The Hall–Kier alpha value is -0.380. The predicted octanol–water partition coefficient (Wildman–Crippen LogP) is 1.01. The van der Waals surface area contributed by atoms with Crippen LogP contribution >= 0.6 is 0 Å². The van der Waals surface area contributed by atoms with E-state index in [2.05, 4.69) is 0 Å². The summed E-state index contributed by atoms with van der Waals surface area (Å²) in [7, 11) is -0.773. The van der Waals surface area contributed by atoms with Crippen LogP contribution in [0.5, 0.6) is 0 Å². The molecule has 4 heteroatoms. The number of carboxylic acids is 1. The van der Waals surface area contributed by atoms with E-state index in [9.17, 15) is 9.00 Å². The molecule has 0 saturated heterocycles. The van der Waals surface area contributed by atoms with E-state index < -0.39 is 16.8 Å². The smallest absolute Gasteiger partial charge is 0.306 e. The van der Waals surface area contributed by atoms with Gasteiger partial charge in [-0.1, -0.05) is 0 Å². The summed E-state index contributed by atoms with van der Waals surface area (Å²) >= 11 is 0. The summed E-state index contributed by atoms with van der Waals surface area (Å²) in [5.74, 6) is -0.889. The molecule has 1 aliphatic carbocycles. The lowest BCUT2D eigenvalue weighted by molar-refractivity contribution is -0.142. The van der Waals surface area contributed by atoms with Crippen LogP contribution in [0.15, 0.2) is 0 Å². The van der Waals surface area contributed by atoms with Gasteiger partial charge in [0, 0.05) is 22.3 Å². The van der Waals surface area contributed by atoms with Crippen molar-refractivity contribution in [1.82, 2.24) is 0 Å². The topological polar surface area (TPSA) is 54.4 Å². The first-order valence-electron chi connectivity index (χ1n) is 4.16. The summed E-state index contributed by atoms with van der Waals surface area (Å²) in [6.45, 7) is 0. The van der Waals surface area contributed by atoms with E-state index in [1.807, 2.05) is 0 Å². The maximum atomic E-state index is 11.0. The molecule has 0 aromatic heterocycles. The van der Waals surface area contributed by atoms with Crippen molar-refractivity contribution in [2.75, 3.05) is 6.26 Å². The van der Waals surface area contributed by atoms with Crippen molar-refractivity contribution in [2.45, 2.75) is 30.9 Å². The molecule has 1 unspecified atom stereocenters. The average molecular weight is 190 g/mol. The Morgan fingerprint density at radius 3 is 2.17 bits per heavy atom. The lowest BCUT2D eigenvalue weighted by atomic mass is 9.89. The molecule has 1 saturated carbocycles. The summed E-state index contributed by atoms with van der Waals surface area (Å²) in [4.78, 5) is 10.6. The third-order valence-corrected chi connectivity index (χ3v) is 3.90. The standard InChI is InChI=1S/C8H14O3S/c1-12(11)7-4-2-6(3-5-7)8(9)10/h6-7H,2-5H2,1H3,(H,9,10). The molecule has 0 amide bonds. The van der Waals surface area contributed by atoms with E-state index in [1.165, 1.54) is 0 Å². The fourth-order valence-corrected chi connectivity index (χ4v) is 2.58. The van der Waals surface area contributed by atoms with Gasteiger partial charge in [-0.15, -0.1) is 0 Å². The molecule has 0 aromatic carbocycles. The van der Waals surface area contributed by atoms with E-state index in [-0.39, 0.29) is 11.2 Å². The zero-order chi connectivity index (χ0) is 9.14. The van der Waals surface area contributed by atoms with Gasteiger partial charge in [0.2, 0.25) is 0 Å². The molecule has 0 aromatic rings. The summed E-state index contributed by atoms with van der Waals surface area (Å²) in [5.41, 5.74) is 0. The van der Waals surface area contributed by atoms with Gasteiger partial charge in [-0.2, -0.15) is 0 Å². The van der Waals surface area contributed by atoms with E-state index in [0.717, 1.165) is 12.8 Å². The zero-order valence-electron chi connectivity index (χ0n) is 7.16. The second-order valence-electron chi connectivity index (χ2n) is 3.31. The van der Waals surface area contributed by atoms with Crippen LogP contribution in [0, 0.1) is 5.92 Å². The van der Waals surface area contributed by atoms with Gasteiger partial charge in [-0.3, -0.25) is 9.00 Å². The number of carboxylic acid groups (broad SMARTS) is 1. The number of hydrogen-bond donors (Lipinski definition) is 1. The van der Waals surface area contributed by atoms with Crippen LogP contribution in [-0.4, -0.2) is 26.8 Å². The van der Waals surface area contributed by atoms with Gasteiger partial charge in [-0.05, 0) is 25.7 Å². The Balaban J connectivity index is 2.39. The third kappa shape index (κ3) is 2.30.